The van der Waals surface area contributed by atoms with Crippen LogP contribution in [0.25, 0.3) is 11.0 Å². The van der Waals surface area contributed by atoms with Crippen LogP contribution in [0.4, 0.5) is 19.0 Å². The summed E-state index contributed by atoms with van der Waals surface area (Å²) in [6, 6.07) is 4.16. The predicted molar refractivity (Wildman–Crippen MR) is 122 cm³/mol. The van der Waals surface area contributed by atoms with E-state index in [9.17, 15) is 18.0 Å². The second-order valence-electron chi connectivity index (χ2n) is 7.75. The van der Waals surface area contributed by atoms with E-state index in [0.717, 1.165) is 55.0 Å². The van der Waals surface area contributed by atoms with E-state index in [0.29, 0.717) is 17.3 Å². The maximum atomic E-state index is 12.7. The van der Waals surface area contributed by atoms with Crippen LogP contribution in [-0.4, -0.2) is 51.0 Å². The number of nitrogens with zero attached hydrogens (tertiary/aromatic N) is 5. The largest absolute Gasteiger partial charge is 0.416 e. The Morgan fingerprint density at radius 1 is 1.12 bits per heavy atom. The topological polar surface area (TPSA) is 75.9 Å². The standard InChI is InChI=1S/C22H25F3N6OS/c1-2-33-21-28-18(30-11-4-3-5-12-30)17-14-27-31(19(17)29-21)13-10-26-20(32)15-6-8-16(9-7-15)22(23,24)25/h6-9,14H,2-5,10-13H2,1H3,(H,26,32). The van der Waals surface area contributed by atoms with E-state index in [1.54, 1.807) is 22.6 Å². The van der Waals surface area contributed by atoms with Crippen molar-refractivity contribution in [2.45, 2.75) is 44.1 Å². The van der Waals surface area contributed by atoms with Crippen molar-refractivity contribution in [1.82, 2.24) is 25.1 Å². The van der Waals surface area contributed by atoms with Gasteiger partial charge in [0.15, 0.2) is 10.8 Å². The molecule has 7 nitrogen and oxygen atoms in total. The van der Waals surface area contributed by atoms with E-state index >= 15 is 0 Å². The highest BCUT2D eigenvalue weighted by molar-refractivity contribution is 7.99. The molecule has 33 heavy (non-hydrogen) atoms. The summed E-state index contributed by atoms with van der Waals surface area (Å²) in [4.78, 5) is 24.1. The Hall–Kier alpha value is -2.82. The van der Waals surface area contributed by atoms with Crippen LogP contribution in [0.1, 0.15) is 42.1 Å². The normalized spacial score (nSPS) is 14.6. The molecule has 0 spiro atoms. The highest BCUT2D eigenvalue weighted by Gasteiger charge is 2.30. The summed E-state index contributed by atoms with van der Waals surface area (Å²) in [5, 5.41) is 8.78. The fourth-order valence-electron chi connectivity index (χ4n) is 3.81. The van der Waals surface area contributed by atoms with Gasteiger partial charge in [0.05, 0.1) is 23.7 Å². The Morgan fingerprint density at radius 3 is 2.52 bits per heavy atom. The fraction of sp³-hybridized carbons (Fsp3) is 0.455. The lowest BCUT2D eigenvalue weighted by Crippen LogP contribution is -2.30. The number of thioether (sulfide) groups is 1. The molecule has 1 aliphatic heterocycles. The summed E-state index contributed by atoms with van der Waals surface area (Å²) in [7, 11) is 0. The van der Waals surface area contributed by atoms with Gasteiger partial charge >= 0.3 is 6.18 Å². The van der Waals surface area contributed by atoms with Crippen molar-refractivity contribution in [3.05, 3.63) is 41.6 Å². The number of rotatable bonds is 7. The molecule has 1 fully saturated rings. The number of halogens is 3. The van der Waals surface area contributed by atoms with Gasteiger partial charge < -0.3 is 10.2 Å². The van der Waals surface area contributed by atoms with Gasteiger partial charge in [0.2, 0.25) is 0 Å². The van der Waals surface area contributed by atoms with Crippen LogP contribution < -0.4 is 10.2 Å². The SMILES string of the molecule is CCSc1nc(N2CCCCC2)c2cnn(CCNC(=O)c3ccc(C(F)(F)F)cc3)c2n1. The quantitative estimate of drug-likeness (QED) is 0.401. The Balaban J connectivity index is 1.47. The van der Waals surface area contributed by atoms with Gasteiger partial charge in [-0.15, -0.1) is 0 Å². The third-order valence-corrected chi connectivity index (χ3v) is 6.20. The summed E-state index contributed by atoms with van der Waals surface area (Å²) in [5.74, 6) is 1.31. The van der Waals surface area contributed by atoms with E-state index in [4.69, 9.17) is 4.98 Å². The molecular weight excluding hydrogens is 453 g/mol. The Bertz CT molecular complexity index is 1110. The summed E-state index contributed by atoms with van der Waals surface area (Å²) in [6.45, 7) is 4.60. The fourth-order valence-corrected chi connectivity index (χ4v) is 4.37. The van der Waals surface area contributed by atoms with Crippen molar-refractivity contribution in [2.75, 3.05) is 30.3 Å². The van der Waals surface area contributed by atoms with Crippen molar-refractivity contribution in [1.29, 1.82) is 0 Å². The first-order valence-electron chi connectivity index (χ1n) is 10.9. The first-order chi connectivity index (χ1) is 15.9. The monoisotopic (exact) mass is 478 g/mol. The summed E-state index contributed by atoms with van der Waals surface area (Å²) >= 11 is 1.57. The van der Waals surface area contributed by atoms with Crippen LogP contribution in [0.5, 0.6) is 0 Å². The van der Waals surface area contributed by atoms with Crippen LogP contribution in [0.3, 0.4) is 0 Å². The van der Waals surface area contributed by atoms with Crippen LogP contribution in [0.15, 0.2) is 35.6 Å². The lowest BCUT2D eigenvalue weighted by Gasteiger charge is -2.28. The van der Waals surface area contributed by atoms with E-state index in [2.05, 4.69) is 20.3 Å². The number of carbonyl (C=O) groups excluding carboxylic acids is 1. The number of anilines is 1. The number of alkyl halides is 3. The molecule has 0 atom stereocenters. The van der Waals surface area contributed by atoms with E-state index in [1.807, 2.05) is 6.92 Å². The highest BCUT2D eigenvalue weighted by Crippen LogP contribution is 2.30. The molecule has 2 aromatic heterocycles. The minimum absolute atomic E-state index is 0.171. The summed E-state index contributed by atoms with van der Waals surface area (Å²) in [5.41, 5.74) is 0.0991. The maximum Gasteiger partial charge on any atom is 0.416 e. The minimum atomic E-state index is -4.43. The van der Waals surface area contributed by atoms with Gasteiger partial charge in [-0.3, -0.25) is 4.79 Å². The molecule has 1 saturated heterocycles. The Kier molecular flexibility index (Phi) is 7.06. The van der Waals surface area contributed by atoms with Crippen LogP contribution in [-0.2, 0) is 12.7 Å². The number of aromatic nitrogens is 4. The predicted octanol–water partition coefficient (Wildman–Crippen LogP) is 4.38. The van der Waals surface area contributed by atoms with E-state index in [-0.39, 0.29) is 12.1 Å². The number of piperidine rings is 1. The molecule has 176 valence electrons. The molecule has 0 bridgehead atoms. The smallest absolute Gasteiger partial charge is 0.356 e. The lowest BCUT2D eigenvalue weighted by atomic mass is 10.1. The summed E-state index contributed by atoms with van der Waals surface area (Å²) in [6.07, 6.45) is 0.814. The molecule has 3 heterocycles. The second-order valence-corrected chi connectivity index (χ2v) is 8.98. The molecule has 0 aliphatic carbocycles. The van der Waals surface area contributed by atoms with Crippen molar-refractivity contribution >= 4 is 34.5 Å². The molecular formula is C22H25F3N6OS. The van der Waals surface area contributed by atoms with Crippen LogP contribution in [0.2, 0.25) is 0 Å². The number of benzene rings is 1. The Morgan fingerprint density at radius 2 is 1.85 bits per heavy atom. The van der Waals surface area contributed by atoms with Gasteiger partial charge in [-0.05, 0) is 49.3 Å². The highest BCUT2D eigenvalue weighted by atomic mass is 32.2. The number of hydrogen-bond acceptors (Lipinski definition) is 6. The van der Waals surface area contributed by atoms with Gasteiger partial charge in [0.25, 0.3) is 5.91 Å². The van der Waals surface area contributed by atoms with Crippen molar-refractivity contribution in [3.8, 4) is 0 Å². The molecule has 11 heteroatoms. The molecule has 0 saturated carbocycles. The molecule has 1 aliphatic rings. The van der Waals surface area contributed by atoms with Crippen molar-refractivity contribution in [2.24, 2.45) is 0 Å². The number of amides is 1. The first-order valence-corrected chi connectivity index (χ1v) is 11.9. The molecule has 1 aromatic carbocycles. The third kappa shape index (κ3) is 5.40. The van der Waals surface area contributed by atoms with E-state index < -0.39 is 17.6 Å². The number of nitrogens with one attached hydrogen (secondary N) is 1. The first kappa shape index (κ1) is 23.3. The maximum absolute atomic E-state index is 12.7. The lowest BCUT2D eigenvalue weighted by molar-refractivity contribution is -0.137. The van der Waals surface area contributed by atoms with Gasteiger partial charge in [-0.1, -0.05) is 18.7 Å². The Labute approximate surface area is 193 Å². The van der Waals surface area contributed by atoms with Crippen LogP contribution >= 0.6 is 11.8 Å². The zero-order valence-electron chi connectivity index (χ0n) is 18.2. The zero-order valence-corrected chi connectivity index (χ0v) is 19.0. The van der Waals surface area contributed by atoms with E-state index in [1.165, 1.54) is 18.6 Å². The van der Waals surface area contributed by atoms with Gasteiger partial charge in [0.1, 0.15) is 5.82 Å². The van der Waals surface area contributed by atoms with Gasteiger partial charge in [0, 0.05) is 25.2 Å². The number of carbonyl (C=O) groups is 1. The zero-order chi connectivity index (χ0) is 23.4. The average molecular weight is 479 g/mol. The van der Waals surface area contributed by atoms with Gasteiger partial charge in [-0.25, -0.2) is 14.6 Å². The molecule has 0 unspecified atom stereocenters. The average Bonchev–Trinajstić information content (AvgIpc) is 3.21. The van der Waals surface area contributed by atoms with Crippen molar-refractivity contribution < 1.29 is 18.0 Å². The minimum Gasteiger partial charge on any atom is -0.356 e. The van der Waals surface area contributed by atoms with Gasteiger partial charge in [-0.2, -0.15) is 18.3 Å². The molecule has 3 aromatic rings. The second kappa shape index (κ2) is 9.98. The molecule has 0 radical (unpaired) electrons. The molecule has 1 N–H and O–H groups in total. The van der Waals surface area contributed by atoms with Crippen molar-refractivity contribution in [3.63, 3.8) is 0 Å². The van der Waals surface area contributed by atoms with Crippen LogP contribution in [0, 0.1) is 0 Å². The summed E-state index contributed by atoms with van der Waals surface area (Å²) < 4.78 is 39.9. The molecule has 4 rings (SSSR count). The third-order valence-electron chi connectivity index (χ3n) is 5.47. The molecule has 1 amide bonds. The number of fused-ring (bicyclic) bond motifs is 1. The number of hydrogen-bond donors (Lipinski definition) is 1.